The number of carbonyl (C=O) groups excluding carboxylic acids is 2. The Hall–Kier alpha value is -2.88. The van der Waals surface area contributed by atoms with Crippen LogP contribution in [0.25, 0.3) is 0 Å². The molecule has 39 heavy (non-hydrogen) atoms. The van der Waals surface area contributed by atoms with Crippen molar-refractivity contribution in [3.05, 3.63) is 70.3 Å². The summed E-state index contributed by atoms with van der Waals surface area (Å²) < 4.78 is 33.3. The van der Waals surface area contributed by atoms with Crippen molar-refractivity contribution >= 4 is 11.9 Å². The van der Waals surface area contributed by atoms with E-state index in [0.29, 0.717) is 43.6 Å². The number of ether oxygens (including phenoxy) is 1. The van der Waals surface area contributed by atoms with Crippen LogP contribution >= 0.6 is 0 Å². The smallest absolute Gasteiger partial charge is 0.338 e. The number of nitrogens with one attached hydrogen (secondary N) is 1. The van der Waals surface area contributed by atoms with Crippen LogP contribution in [0.3, 0.4) is 0 Å². The fourth-order valence-electron chi connectivity index (χ4n) is 4.40. The SMILES string of the molecule is CCCN(CCC)C(=O)c1cc(C)cc(C(=O)O[C@H](CNCCC(O)CC)[C@@H](N)Cc2cc(F)cc(F)c2)c1. The minimum atomic E-state index is -0.834. The molecule has 0 heterocycles. The van der Waals surface area contributed by atoms with Gasteiger partial charge in [-0.15, -0.1) is 0 Å². The normalized spacial score (nSPS) is 13.5. The lowest BCUT2D eigenvalue weighted by molar-refractivity contribution is 0.0236. The Bertz CT molecular complexity index is 1060. The largest absolute Gasteiger partial charge is 0.456 e. The molecule has 3 atom stereocenters. The van der Waals surface area contributed by atoms with Crippen molar-refractivity contribution in [1.29, 1.82) is 0 Å². The third kappa shape index (κ3) is 10.7. The molecule has 0 aromatic heterocycles. The van der Waals surface area contributed by atoms with Crippen LogP contribution in [0, 0.1) is 18.6 Å². The number of benzene rings is 2. The first-order chi connectivity index (χ1) is 18.6. The van der Waals surface area contributed by atoms with E-state index in [2.05, 4.69) is 5.32 Å². The van der Waals surface area contributed by atoms with Gasteiger partial charge in [-0.2, -0.15) is 0 Å². The summed E-state index contributed by atoms with van der Waals surface area (Å²) in [5.74, 6) is -2.22. The minimum Gasteiger partial charge on any atom is -0.456 e. The number of nitrogens with zero attached hydrogens (tertiary/aromatic N) is 1. The minimum absolute atomic E-state index is 0.0758. The van der Waals surface area contributed by atoms with Gasteiger partial charge in [0.2, 0.25) is 0 Å². The van der Waals surface area contributed by atoms with Crippen LogP contribution in [0.1, 0.15) is 78.3 Å². The van der Waals surface area contributed by atoms with Crippen LogP contribution in [0.4, 0.5) is 8.78 Å². The number of aliphatic hydroxyl groups excluding tert-OH is 1. The number of esters is 1. The highest BCUT2D eigenvalue weighted by Gasteiger charge is 2.25. The second kappa shape index (κ2) is 16.3. The van der Waals surface area contributed by atoms with E-state index in [4.69, 9.17) is 10.5 Å². The molecule has 0 aliphatic heterocycles. The Morgan fingerprint density at radius 3 is 2.21 bits per heavy atom. The standard InChI is InChI=1S/C30H43F2N3O4/c1-5-10-35(11-6-2)29(37)22-12-20(4)13-23(17-22)30(38)39-28(19-34-9-8-26(36)7-3)27(33)16-21-14-24(31)18-25(32)15-21/h12-15,17-18,26-28,34,36H,5-11,16,19,33H2,1-4H3/t26?,27-,28+/m0/s1. The Morgan fingerprint density at radius 1 is 1.00 bits per heavy atom. The van der Waals surface area contributed by atoms with Gasteiger partial charge >= 0.3 is 5.97 Å². The zero-order chi connectivity index (χ0) is 28.9. The zero-order valence-electron chi connectivity index (χ0n) is 23.5. The molecule has 1 unspecified atom stereocenters. The molecule has 1 amide bonds. The highest BCUT2D eigenvalue weighted by Crippen LogP contribution is 2.17. The number of nitrogens with two attached hydrogens (primary N) is 1. The van der Waals surface area contributed by atoms with Crippen molar-refractivity contribution in [1.82, 2.24) is 10.2 Å². The summed E-state index contributed by atoms with van der Waals surface area (Å²) in [4.78, 5) is 28.2. The molecule has 0 saturated heterocycles. The van der Waals surface area contributed by atoms with Crippen molar-refractivity contribution in [3.63, 3.8) is 0 Å². The number of hydrogen-bond acceptors (Lipinski definition) is 6. The molecule has 4 N–H and O–H groups in total. The lowest BCUT2D eigenvalue weighted by Crippen LogP contribution is -2.46. The highest BCUT2D eigenvalue weighted by atomic mass is 19.1. The predicted molar refractivity (Wildman–Crippen MR) is 149 cm³/mol. The van der Waals surface area contributed by atoms with E-state index < -0.39 is 35.9 Å². The quantitative estimate of drug-likeness (QED) is 0.213. The Labute approximate surface area is 230 Å². The van der Waals surface area contributed by atoms with Gasteiger partial charge in [0.1, 0.15) is 17.7 Å². The Balaban J connectivity index is 2.24. The molecule has 7 nitrogen and oxygen atoms in total. The van der Waals surface area contributed by atoms with Gasteiger partial charge in [0, 0.05) is 37.3 Å². The maximum absolute atomic E-state index is 13.7. The predicted octanol–water partition coefficient (Wildman–Crippen LogP) is 4.38. The number of aryl methyl sites for hydroxylation is 1. The molecule has 0 fully saturated rings. The molecule has 0 spiro atoms. The van der Waals surface area contributed by atoms with Gasteiger partial charge in [-0.3, -0.25) is 4.79 Å². The lowest BCUT2D eigenvalue weighted by atomic mass is 10.0. The van der Waals surface area contributed by atoms with Gasteiger partial charge in [-0.1, -0.05) is 20.8 Å². The molecule has 9 heteroatoms. The van der Waals surface area contributed by atoms with Gasteiger partial charge < -0.3 is 25.8 Å². The van der Waals surface area contributed by atoms with Crippen molar-refractivity contribution in [2.24, 2.45) is 5.73 Å². The summed E-state index contributed by atoms with van der Waals surface area (Å²) in [6, 6.07) is 7.35. The molecule has 0 aliphatic carbocycles. The molecular weight excluding hydrogens is 504 g/mol. The molecule has 0 radical (unpaired) electrons. The third-order valence-electron chi connectivity index (χ3n) is 6.44. The Kier molecular flexibility index (Phi) is 13.5. The summed E-state index contributed by atoms with van der Waals surface area (Å²) in [6.45, 7) is 9.60. The summed E-state index contributed by atoms with van der Waals surface area (Å²) in [6.07, 6.45) is 1.56. The number of hydrogen-bond donors (Lipinski definition) is 3. The van der Waals surface area contributed by atoms with Gasteiger partial charge in [0.15, 0.2) is 0 Å². The number of amides is 1. The first-order valence-electron chi connectivity index (χ1n) is 13.8. The van der Waals surface area contributed by atoms with Gasteiger partial charge in [-0.25, -0.2) is 13.6 Å². The second-order valence-corrected chi connectivity index (χ2v) is 10.0. The van der Waals surface area contributed by atoms with Crippen LogP contribution in [-0.4, -0.2) is 66.3 Å². The number of carbonyl (C=O) groups is 2. The average molecular weight is 548 g/mol. The number of rotatable bonds is 16. The van der Waals surface area contributed by atoms with Crippen molar-refractivity contribution in [2.45, 2.75) is 78.0 Å². The van der Waals surface area contributed by atoms with Crippen LogP contribution in [0.15, 0.2) is 36.4 Å². The third-order valence-corrected chi connectivity index (χ3v) is 6.44. The second-order valence-electron chi connectivity index (χ2n) is 10.0. The lowest BCUT2D eigenvalue weighted by Gasteiger charge is -2.25. The van der Waals surface area contributed by atoms with E-state index in [1.54, 1.807) is 24.0 Å². The summed E-state index contributed by atoms with van der Waals surface area (Å²) in [5.41, 5.74) is 8.10. The van der Waals surface area contributed by atoms with E-state index in [1.807, 2.05) is 20.8 Å². The van der Waals surface area contributed by atoms with E-state index in [1.165, 1.54) is 18.2 Å². The number of halogens is 2. The molecule has 216 valence electrons. The molecule has 2 rings (SSSR count). The van der Waals surface area contributed by atoms with E-state index in [0.717, 1.165) is 24.5 Å². The van der Waals surface area contributed by atoms with Crippen LogP contribution < -0.4 is 11.1 Å². The molecule has 0 aliphatic rings. The molecule has 0 bridgehead atoms. The maximum atomic E-state index is 13.7. The summed E-state index contributed by atoms with van der Waals surface area (Å²) in [5, 5.41) is 13.0. The highest BCUT2D eigenvalue weighted by molar-refractivity contribution is 5.98. The van der Waals surface area contributed by atoms with Gasteiger partial charge in [-0.05, 0) is 87.0 Å². The van der Waals surface area contributed by atoms with E-state index >= 15 is 0 Å². The van der Waals surface area contributed by atoms with Crippen molar-refractivity contribution in [3.8, 4) is 0 Å². The molecule has 0 saturated carbocycles. The Morgan fingerprint density at radius 2 is 1.62 bits per heavy atom. The van der Waals surface area contributed by atoms with Gasteiger partial charge in [0.05, 0.1) is 11.7 Å². The van der Waals surface area contributed by atoms with Crippen LogP contribution in [0.2, 0.25) is 0 Å². The van der Waals surface area contributed by atoms with Crippen molar-refractivity contribution in [2.75, 3.05) is 26.2 Å². The first-order valence-corrected chi connectivity index (χ1v) is 13.8. The molecular formula is C30H43F2N3O4. The fraction of sp³-hybridized carbons (Fsp3) is 0.533. The molecule has 2 aromatic carbocycles. The fourth-order valence-corrected chi connectivity index (χ4v) is 4.40. The number of aliphatic hydroxyl groups is 1. The van der Waals surface area contributed by atoms with Crippen LogP contribution in [-0.2, 0) is 11.2 Å². The topological polar surface area (TPSA) is 105 Å². The average Bonchev–Trinajstić information content (AvgIpc) is 2.88. The summed E-state index contributed by atoms with van der Waals surface area (Å²) in [7, 11) is 0. The molecule has 2 aromatic rings. The van der Waals surface area contributed by atoms with Gasteiger partial charge in [0.25, 0.3) is 5.91 Å². The van der Waals surface area contributed by atoms with E-state index in [-0.39, 0.29) is 24.4 Å². The monoisotopic (exact) mass is 547 g/mol. The van der Waals surface area contributed by atoms with Crippen LogP contribution in [0.5, 0.6) is 0 Å². The first kappa shape index (κ1) is 32.3. The zero-order valence-corrected chi connectivity index (χ0v) is 23.5. The summed E-state index contributed by atoms with van der Waals surface area (Å²) >= 11 is 0. The maximum Gasteiger partial charge on any atom is 0.338 e. The van der Waals surface area contributed by atoms with E-state index in [9.17, 15) is 23.5 Å². The van der Waals surface area contributed by atoms with Crippen molar-refractivity contribution < 1.29 is 28.2 Å².